The number of Topliss-reactive ketones (excluding diaryl/α,β-unsaturated/α-hetero) is 1. The number of carbonyl (C=O) groups is 1. The van der Waals surface area contributed by atoms with Crippen LogP contribution in [0.5, 0.6) is 5.75 Å². The first-order valence-corrected chi connectivity index (χ1v) is 17.5. The minimum absolute atomic E-state index is 0.212. The van der Waals surface area contributed by atoms with Gasteiger partial charge in [-0.15, -0.1) is 0 Å². The molecule has 2 unspecified atom stereocenters. The van der Waals surface area contributed by atoms with Gasteiger partial charge in [0.25, 0.3) is 0 Å². The number of benzene rings is 3. The van der Waals surface area contributed by atoms with E-state index < -0.39 is 17.3 Å². The third-order valence-corrected chi connectivity index (χ3v) is 11.2. The Bertz CT molecular complexity index is 1550. The van der Waals surface area contributed by atoms with Gasteiger partial charge >= 0.3 is 6.18 Å². The van der Waals surface area contributed by atoms with Crippen molar-refractivity contribution in [3.05, 3.63) is 94.0 Å². The Kier molecular flexibility index (Phi) is 9.76. The normalized spacial score (nSPS) is 20.1. The molecule has 252 valence electrons. The molecule has 2 aliphatic carbocycles. The smallest absolute Gasteiger partial charge is 0.416 e. The number of nitrogens with one attached hydrogen (secondary N) is 1. The van der Waals surface area contributed by atoms with E-state index in [0.717, 1.165) is 105 Å². The van der Waals surface area contributed by atoms with Crippen molar-refractivity contribution < 1.29 is 22.7 Å². The fraction of sp³-hybridized carbons (Fsp3) is 0.525. The summed E-state index contributed by atoms with van der Waals surface area (Å²) in [5.74, 6) is 2.00. The van der Waals surface area contributed by atoms with Gasteiger partial charge in [0.15, 0.2) is 5.78 Å². The zero-order valence-electron chi connectivity index (χ0n) is 28.3. The Morgan fingerprint density at radius 1 is 0.894 bits per heavy atom. The van der Waals surface area contributed by atoms with Crippen molar-refractivity contribution in [2.75, 3.05) is 25.0 Å². The number of carbonyl (C=O) groups excluding carboxylic acids is 1. The molecule has 0 bridgehead atoms. The summed E-state index contributed by atoms with van der Waals surface area (Å²) in [6.07, 6.45) is 4.00. The van der Waals surface area contributed by atoms with Crippen LogP contribution in [0.4, 0.5) is 18.9 Å². The molecule has 3 aromatic rings. The molecule has 6 rings (SSSR count). The summed E-state index contributed by atoms with van der Waals surface area (Å²) in [5.41, 5.74) is 4.77. The molecule has 0 radical (unpaired) electrons. The Hall–Kier alpha value is -3.32. The topological polar surface area (TPSA) is 41.6 Å². The van der Waals surface area contributed by atoms with Crippen molar-refractivity contribution in [1.82, 2.24) is 4.90 Å². The SMILES string of the molecule is Cc1cc(C(=O)C2CCC2)ccc1NC(C)CN1CCC(c2cccc(C)c2OC(C)(c2ccc(C(F)(F)F)cc2)C2CCC2)CC1. The lowest BCUT2D eigenvalue weighted by molar-refractivity contribution is -0.137. The van der Waals surface area contributed by atoms with E-state index in [4.69, 9.17) is 4.74 Å². The van der Waals surface area contributed by atoms with E-state index >= 15 is 0 Å². The Morgan fingerprint density at radius 3 is 2.13 bits per heavy atom. The fourth-order valence-corrected chi connectivity index (χ4v) is 7.69. The maximum Gasteiger partial charge on any atom is 0.416 e. The van der Waals surface area contributed by atoms with Gasteiger partial charge in [0, 0.05) is 35.7 Å². The number of piperidine rings is 1. The van der Waals surface area contributed by atoms with E-state index in [1.54, 1.807) is 12.1 Å². The first-order chi connectivity index (χ1) is 22.4. The molecule has 2 atom stereocenters. The van der Waals surface area contributed by atoms with Crippen molar-refractivity contribution in [2.45, 2.75) is 103 Å². The average molecular weight is 647 g/mol. The molecule has 3 aliphatic rings. The lowest BCUT2D eigenvalue weighted by Gasteiger charge is -2.44. The minimum atomic E-state index is -4.36. The second-order valence-corrected chi connectivity index (χ2v) is 14.5. The lowest BCUT2D eigenvalue weighted by atomic mass is 9.70. The van der Waals surface area contributed by atoms with Crippen LogP contribution in [0.25, 0.3) is 0 Å². The van der Waals surface area contributed by atoms with Crippen molar-refractivity contribution in [3.8, 4) is 5.75 Å². The molecular weight excluding hydrogens is 597 g/mol. The first kappa shape index (κ1) is 33.6. The zero-order valence-corrected chi connectivity index (χ0v) is 28.3. The second kappa shape index (κ2) is 13.7. The number of para-hydroxylation sites is 1. The number of nitrogens with zero attached hydrogens (tertiary/aromatic N) is 1. The van der Waals surface area contributed by atoms with Gasteiger partial charge in [0.2, 0.25) is 0 Å². The quantitative estimate of drug-likeness (QED) is 0.211. The Balaban J connectivity index is 1.10. The molecular formula is C40H49F3N2O2. The van der Waals surface area contributed by atoms with Crippen molar-refractivity contribution >= 4 is 11.5 Å². The maximum absolute atomic E-state index is 13.3. The predicted octanol–water partition coefficient (Wildman–Crippen LogP) is 10.1. The zero-order chi connectivity index (χ0) is 33.3. The van der Waals surface area contributed by atoms with Crippen LogP contribution in [0, 0.1) is 25.7 Å². The molecule has 0 aromatic heterocycles. The number of ether oxygens (including phenoxy) is 1. The van der Waals surface area contributed by atoms with Crippen LogP contribution in [-0.2, 0) is 11.8 Å². The van der Waals surface area contributed by atoms with Crippen LogP contribution in [0.2, 0.25) is 0 Å². The molecule has 4 nitrogen and oxygen atoms in total. The van der Waals surface area contributed by atoms with Gasteiger partial charge in [-0.05, 0) is 138 Å². The highest BCUT2D eigenvalue weighted by atomic mass is 19.4. The summed E-state index contributed by atoms with van der Waals surface area (Å²) < 4.78 is 47.1. The van der Waals surface area contributed by atoms with Gasteiger partial charge in [-0.2, -0.15) is 13.2 Å². The van der Waals surface area contributed by atoms with E-state index in [-0.39, 0.29) is 23.7 Å². The number of alkyl halides is 3. The number of likely N-dealkylation sites (tertiary alicyclic amines) is 1. The monoisotopic (exact) mass is 646 g/mol. The standard InChI is InChI=1S/C40H49F3N2O2/c1-26-8-5-13-35(38(26)47-39(4,32-11-7-12-32)33-15-17-34(18-16-33)40(41,42)43)29-20-22-45(23-21-29)25-28(3)44-36-19-14-31(24-27(36)2)37(46)30-9-6-10-30/h5,8,13-19,24,28-30,32,44H,6-7,9-12,20-23,25H2,1-4H3. The number of halogens is 3. The average Bonchev–Trinajstić information content (AvgIpc) is 2.97. The van der Waals surface area contributed by atoms with Crippen LogP contribution >= 0.6 is 0 Å². The maximum atomic E-state index is 13.3. The van der Waals surface area contributed by atoms with Crippen molar-refractivity contribution in [1.29, 1.82) is 0 Å². The molecule has 3 aromatic carbocycles. The fourth-order valence-electron chi connectivity index (χ4n) is 7.69. The first-order valence-electron chi connectivity index (χ1n) is 17.5. The number of aryl methyl sites for hydroxylation is 2. The van der Waals surface area contributed by atoms with E-state index in [1.807, 2.05) is 12.1 Å². The summed E-state index contributed by atoms with van der Waals surface area (Å²) in [7, 11) is 0. The second-order valence-electron chi connectivity index (χ2n) is 14.5. The highest BCUT2D eigenvalue weighted by molar-refractivity contribution is 5.98. The summed E-state index contributed by atoms with van der Waals surface area (Å²) in [5, 5.41) is 3.68. The van der Waals surface area contributed by atoms with Crippen molar-refractivity contribution in [2.24, 2.45) is 11.8 Å². The molecule has 3 fully saturated rings. The molecule has 1 N–H and O–H groups in total. The van der Waals surface area contributed by atoms with Crippen molar-refractivity contribution in [3.63, 3.8) is 0 Å². The number of anilines is 1. The third kappa shape index (κ3) is 7.25. The number of hydrogen-bond donors (Lipinski definition) is 1. The summed E-state index contributed by atoms with van der Waals surface area (Å²) in [4.78, 5) is 15.2. The third-order valence-electron chi connectivity index (χ3n) is 11.2. The minimum Gasteiger partial charge on any atom is -0.482 e. The molecule has 1 saturated heterocycles. The van der Waals surface area contributed by atoms with Gasteiger partial charge in [0.1, 0.15) is 11.4 Å². The highest BCUT2D eigenvalue weighted by Crippen LogP contribution is 2.48. The van der Waals surface area contributed by atoms with Gasteiger partial charge in [-0.1, -0.05) is 43.2 Å². The van der Waals surface area contributed by atoms with Crippen LogP contribution < -0.4 is 10.1 Å². The number of hydrogen-bond acceptors (Lipinski definition) is 4. The molecule has 1 aliphatic heterocycles. The van der Waals surface area contributed by atoms with Gasteiger partial charge in [0.05, 0.1) is 5.56 Å². The molecule has 47 heavy (non-hydrogen) atoms. The van der Waals surface area contributed by atoms with Crippen LogP contribution in [0.3, 0.4) is 0 Å². The van der Waals surface area contributed by atoms with Gasteiger partial charge < -0.3 is 15.0 Å². The molecule has 7 heteroatoms. The van der Waals surface area contributed by atoms with Gasteiger partial charge in [-0.25, -0.2) is 0 Å². The summed E-state index contributed by atoms with van der Waals surface area (Å²) in [6, 6.07) is 18.3. The van der Waals surface area contributed by atoms with Gasteiger partial charge in [-0.3, -0.25) is 4.79 Å². The van der Waals surface area contributed by atoms with E-state index in [9.17, 15) is 18.0 Å². The lowest BCUT2D eigenvalue weighted by Crippen LogP contribution is -2.42. The largest absolute Gasteiger partial charge is 0.482 e. The van der Waals surface area contributed by atoms with E-state index in [0.29, 0.717) is 5.92 Å². The molecule has 1 heterocycles. The summed E-state index contributed by atoms with van der Waals surface area (Å²) in [6.45, 7) is 11.3. The molecule has 0 amide bonds. The highest BCUT2D eigenvalue weighted by Gasteiger charge is 2.43. The number of ketones is 1. The number of rotatable bonds is 11. The summed E-state index contributed by atoms with van der Waals surface area (Å²) >= 11 is 0. The molecule has 2 saturated carbocycles. The van der Waals surface area contributed by atoms with Crippen LogP contribution in [0.1, 0.15) is 109 Å². The van der Waals surface area contributed by atoms with E-state index in [2.05, 4.69) is 62.2 Å². The van der Waals surface area contributed by atoms with Crippen LogP contribution in [-0.4, -0.2) is 36.4 Å². The Morgan fingerprint density at radius 2 is 1.55 bits per heavy atom. The van der Waals surface area contributed by atoms with E-state index in [1.165, 1.54) is 17.7 Å². The molecule has 0 spiro atoms. The predicted molar refractivity (Wildman–Crippen MR) is 182 cm³/mol. The Labute approximate surface area is 278 Å². The van der Waals surface area contributed by atoms with Crippen LogP contribution in [0.15, 0.2) is 60.7 Å².